The summed E-state index contributed by atoms with van der Waals surface area (Å²) in [6, 6.07) is 0.471. The van der Waals surface area contributed by atoms with Crippen molar-refractivity contribution < 1.29 is 0 Å². The lowest BCUT2D eigenvalue weighted by atomic mass is 10.1. The number of hydrogen-bond acceptors (Lipinski definition) is 3. The number of hydrogen-bond donors (Lipinski definition) is 1. The molecule has 0 amide bonds. The second-order valence-corrected chi connectivity index (χ2v) is 6.64. The number of thiazole rings is 1. The maximum absolute atomic E-state index is 4.73. The monoisotopic (exact) mass is 282 g/mol. The summed E-state index contributed by atoms with van der Waals surface area (Å²) in [6.07, 6.45) is 9.18. The quantitative estimate of drug-likeness (QED) is 0.599. The molecule has 1 unspecified atom stereocenters. The fourth-order valence-electron chi connectivity index (χ4n) is 2.23. The fourth-order valence-corrected chi connectivity index (χ4v) is 3.26. The molecule has 2 nitrogen and oxygen atoms in total. The van der Waals surface area contributed by atoms with Gasteiger partial charge in [-0.15, -0.1) is 11.3 Å². The maximum atomic E-state index is 4.73. The van der Waals surface area contributed by atoms with Crippen LogP contribution in [-0.2, 0) is 0 Å². The zero-order valence-electron chi connectivity index (χ0n) is 13.1. The predicted molar refractivity (Wildman–Crippen MR) is 86.0 cm³/mol. The van der Waals surface area contributed by atoms with Gasteiger partial charge in [0.25, 0.3) is 0 Å². The second kappa shape index (κ2) is 9.49. The van der Waals surface area contributed by atoms with Crippen LogP contribution in [0.2, 0.25) is 0 Å². The smallest absolute Gasteiger partial charge is 0.110 e. The minimum absolute atomic E-state index is 0.471. The molecule has 0 saturated carbocycles. The van der Waals surface area contributed by atoms with Crippen LogP contribution in [0.3, 0.4) is 0 Å². The summed E-state index contributed by atoms with van der Waals surface area (Å²) < 4.78 is 0. The van der Waals surface area contributed by atoms with Gasteiger partial charge in [-0.2, -0.15) is 0 Å². The standard InChI is InChI=1S/C16H30N2S/c1-5-7-8-9-10-11-15(17-12-6-2)16-18-13(3)14(4)19-16/h15,17H,5-12H2,1-4H3. The average molecular weight is 282 g/mol. The highest BCUT2D eigenvalue weighted by molar-refractivity contribution is 7.11. The molecule has 0 spiro atoms. The van der Waals surface area contributed by atoms with Gasteiger partial charge in [-0.05, 0) is 33.2 Å². The van der Waals surface area contributed by atoms with Crippen molar-refractivity contribution in [3.8, 4) is 0 Å². The largest absolute Gasteiger partial charge is 0.308 e. The number of rotatable bonds is 10. The van der Waals surface area contributed by atoms with Gasteiger partial charge in [-0.25, -0.2) is 4.98 Å². The van der Waals surface area contributed by atoms with Gasteiger partial charge < -0.3 is 5.32 Å². The summed E-state index contributed by atoms with van der Waals surface area (Å²) in [6.45, 7) is 9.88. The zero-order valence-corrected chi connectivity index (χ0v) is 13.9. The van der Waals surface area contributed by atoms with Crippen LogP contribution in [-0.4, -0.2) is 11.5 Å². The van der Waals surface area contributed by atoms with Crippen molar-refractivity contribution in [2.45, 2.75) is 78.7 Å². The highest BCUT2D eigenvalue weighted by Crippen LogP contribution is 2.26. The zero-order chi connectivity index (χ0) is 14.1. The number of aromatic nitrogens is 1. The lowest BCUT2D eigenvalue weighted by molar-refractivity contribution is 0.466. The van der Waals surface area contributed by atoms with E-state index in [1.807, 2.05) is 11.3 Å². The summed E-state index contributed by atoms with van der Waals surface area (Å²) in [5.74, 6) is 0. The van der Waals surface area contributed by atoms with Crippen molar-refractivity contribution in [1.29, 1.82) is 0 Å². The van der Waals surface area contributed by atoms with Crippen LogP contribution in [0.1, 0.15) is 80.4 Å². The third-order valence-electron chi connectivity index (χ3n) is 3.58. The fraction of sp³-hybridized carbons (Fsp3) is 0.812. The predicted octanol–water partition coefficient (Wildman–Crippen LogP) is 5.16. The summed E-state index contributed by atoms with van der Waals surface area (Å²) in [4.78, 5) is 6.10. The van der Waals surface area contributed by atoms with Crippen molar-refractivity contribution in [3.63, 3.8) is 0 Å². The van der Waals surface area contributed by atoms with E-state index in [9.17, 15) is 0 Å². The van der Waals surface area contributed by atoms with E-state index < -0.39 is 0 Å². The number of aryl methyl sites for hydroxylation is 2. The third-order valence-corrected chi connectivity index (χ3v) is 4.77. The van der Waals surface area contributed by atoms with Crippen molar-refractivity contribution in [1.82, 2.24) is 10.3 Å². The van der Waals surface area contributed by atoms with Gasteiger partial charge in [0, 0.05) is 4.88 Å². The molecular weight excluding hydrogens is 252 g/mol. The molecule has 110 valence electrons. The molecule has 1 atom stereocenters. The van der Waals surface area contributed by atoms with Crippen LogP contribution in [0.5, 0.6) is 0 Å². The van der Waals surface area contributed by atoms with Crippen LogP contribution in [0.25, 0.3) is 0 Å². The molecule has 1 aromatic rings. The van der Waals surface area contributed by atoms with E-state index in [1.54, 1.807) is 0 Å². The van der Waals surface area contributed by atoms with Gasteiger partial charge in [0.1, 0.15) is 5.01 Å². The average Bonchev–Trinajstić information content (AvgIpc) is 2.73. The molecule has 1 N–H and O–H groups in total. The molecule has 1 heterocycles. The Balaban J connectivity index is 2.46. The minimum Gasteiger partial charge on any atom is -0.308 e. The SMILES string of the molecule is CCCCCCCC(NCCC)c1nc(C)c(C)s1. The van der Waals surface area contributed by atoms with Gasteiger partial charge in [-0.3, -0.25) is 0 Å². The summed E-state index contributed by atoms with van der Waals surface area (Å²) >= 11 is 1.87. The number of nitrogens with zero attached hydrogens (tertiary/aromatic N) is 1. The molecule has 1 aromatic heterocycles. The van der Waals surface area contributed by atoms with Crippen molar-refractivity contribution in [3.05, 3.63) is 15.6 Å². The Morgan fingerprint density at radius 3 is 2.37 bits per heavy atom. The van der Waals surface area contributed by atoms with Gasteiger partial charge >= 0.3 is 0 Å². The van der Waals surface area contributed by atoms with Crippen LogP contribution in [0.4, 0.5) is 0 Å². The van der Waals surface area contributed by atoms with E-state index in [4.69, 9.17) is 4.98 Å². The lowest BCUT2D eigenvalue weighted by Crippen LogP contribution is -2.22. The first kappa shape index (κ1) is 16.6. The van der Waals surface area contributed by atoms with E-state index in [-0.39, 0.29) is 0 Å². The van der Waals surface area contributed by atoms with Crippen LogP contribution in [0.15, 0.2) is 0 Å². The number of unbranched alkanes of at least 4 members (excludes halogenated alkanes) is 4. The van der Waals surface area contributed by atoms with Gasteiger partial charge in [0.2, 0.25) is 0 Å². The Bertz CT molecular complexity index is 327. The second-order valence-electron chi connectivity index (χ2n) is 5.40. The molecule has 0 aromatic carbocycles. The van der Waals surface area contributed by atoms with Crippen molar-refractivity contribution >= 4 is 11.3 Å². The van der Waals surface area contributed by atoms with E-state index in [2.05, 4.69) is 33.0 Å². The number of nitrogens with one attached hydrogen (secondary N) is 1. The third kappa shape index (κ3) is 6.05. The lowest BCUT2D eigenvalue weighted by Gasteiger charge is -2.16. The summed E-state index contributed by atoms with van der Waals surface area (Å²) in [5.41, 5.74) is 1.20. The Morgan fingerprint density at radius 1 is 1.05 bits per heavy atom. The highest BCUT2D eigenvalue weighted by atomic mass is 32.1. The Hall–Kier alpha value is -0.410. The molecule has 0 aliphatic rings. The Kier molecular flexibility index (Phi) is 8.31. The molecule has 19 heavy (non-hydrogen) atoms. The molecule has 3 heteroatoms. The normalized spacial score (nSPS) is 12.8. The molecule has 0 radical (unpaired) electrons. The molecule has 0 aliphatic heterocycles. The van der Waals surface area contributed by atoms with Crippen LogP contribution < -0.4 is 5.32 Å². The van der Waals surface area contributed by atoms with Crippen LogP contribution >= 0.6 is 11.3 Å². The van der Waals surface area contributed by atoms with Gasteiger partial charge in [-0.1, -0.05) is 46.0 Å². The molecule has 0 bridgehead atoms. The van der Waals surface area contributed by atoms with E-state index in [0.29, 0.717) is 6.04 Å². The van der Waals surface area contributed by atoms with Crippen molar-refractivity contribution in [2.75, 3.05) is 6.54 Å². The first-order valence-electron chi connectivity index (χ1n) is 7.86. The highest BCUT2D eigenvalue weighted by Gasteiger charge is 2.15. The first-order chi connectivity index (χ1) is 9.19. The summed E-state index contributed by atoms with van der Waals surface area (Å²) in [7, 11) is 0. The first-order valence-corrected chi connectivity index (χ1v) is 8.68. The van der Waals surface area contributed by atoms with E-state index in [1.165, 1.54) is 60.5 Å². The van der Waals surface area contributed by atoms with Gasteiger partial charge in [0.05, 0.1) is 11.7 Å². The van der Waals surface area contributed by atoms with Gasteiger partial charge in [0.15, 0.2) is 0 Å². The topological polar surface area (TPSA) is 24.9 Å². The summed E-state index contributed by atoms with van der Waals surface area (Å²) in [5, 5.41) is 4.96. The molecular formula is C16H30N2S. The molecule has 0 saturated heterocycles. The minimum atomic E-state index is 0.471. The molecule has 0 fully saturated rings. The Labute approximate surface area is 123 Å². The van der Waals surface area contributed by atoms with Crippen LogP contribution in [0, 0.1) is 13.8 Å². The maximum Gasteiger partial charge on any atom is 0.110 e. The van der Waals surface area contributed by atoms with E-state index >= 15 is 0 Å². The molecule has 1 rings (SSSR count). The molecule has 0 aliphatic carbocycles. The Morgan fingerprint density at radius 2 is 1.79 bits per heavy atom. The van der Waals surface area contributed by atoms with E-state index in [0.717, 1.165) is 6.54 Å². The van der Waals surface area contributed by atoms with Crippen molar-refractivity contribution in [2.24, 2.45) is 0 Å².